The molecule has 4 heteroatoms. The van der Waals surface area contributed by atoms with Crippen LogP contribution in [0.2, 0.25) is 0 Å². The highest BCUT2D eigenvalue weighted by Gasteiger charge is 2.32. The number of halogens is 1. The normalized spacial score (nSPS) is 14.8. The van der Waals surface area contributed by atoms with Gasteiger partial charge in [0.1, 0.15) is 0 Å². The largest absolute Gasteiger partial charge is 0.382 e. The zero-order chi connectivity index (χ0) is 13.3. The number of hydrogen-bond acceptors (Lipinski definition) is 3. The number of fused-ring (bicyclic) bond motifs is 1. The van der Waals surface area contributed by atoms with Gasteiger partial charge in [-0.1, -0.05) is 35.9 Å². The van der Waals surface area contributed by atoms with Crippen LogP contribution >= 0.6 is 11.6 Å². The van der Waals surface area contributed by atoms with Crippen molar-refractivity contribution in [1.82, 2.24) is 4.90 Å². The fourth-order valence-corrected chi connectivity index (χ4v) is 2.13. The lowest BCUT2D eigenvalue weighted by molar-refractivity contribution is 0.0988. The number of benzene rings is 1. The minimum absolute atomic E-state index is 0.124. The van der Waals surface area contributed by atoms with Gasteiger partial charge in [0.25, 0.3) is 0 Å². The van der Waals surface area contributed by atoms with Crippen LogP contribution in [0, 0.1) is 0 Å². The van der Waals surface area contributed by atoms with E-state index in [9.17, 15) is 9.59 Å². The maximum Gasteiger partial charge on any atom is 0.197 e. The van der Waals surface area contributed by atoms with Crippen molar-refractivity contribution in [2.75, 3.05) is 14.1 Å². The Hall–Kier alpha value is -1.87. The first-order valence-electron chi connectivity index (χ1n) is 5.44. The highest BCUT2D eigenvalue weighted by atomic mass is 35.5. The van der Waals surface area contributed by atoms with Gasteiger partial charge in [-0.15, -0.1) is 0 Å². The molecule has 0 atom stereocenters. The van der Waals surface area contributed by atoms with Crippen molar-refractivity contribution in [2.24, 2.45) is 0 Å². The Morgan fingerprint density at radius 2 is 1.61 bits per heavy atom. The second-order valence-electron chi connectivity index (χ2n) is 4.24. The van der Waals surface area contributed by atoms with Gasteiger partial charge in [-0.25, -0.2) is 0 Å². The Labute approximate surface area is 110 Å². The molecule has 0 aromatic heterocycles. The number of allylic oxidation sites excluding steroid dienone is 3. The third kappa shape index (κ3) is 2.22. The molecule has 92 valence electrons. The van der Waals surface area contributed by atoms with Gasteiger partial charge < -0.3 is 4.90 Å². The summed E-state index contributed by atoms with van der Waals surface area (Å²) in [5, 5.41) is 0.351. The fraction of sp³-hybridized carbons (Fsp3) is 0.143. The molecule has 0 aliphatic heterocycles. The molecule has 1 aliphatic rings. The van der Waals surface area contributed by atoms with E-state index in [1.807, 2.05) is 14.1 Å². The smallest absolute Gasteiger partial charge is 0.197 e. The topological polar surface area (TPSA) is 37.4 Å². The average Bonchev–Trinajstić information content (AvgIpc) is 2.54. The molecule has 0 heterocycles. The van der Waals surface area contributed by atoms with Crippen molar-refractivity contribution in [1.29, 1.82) is 0 Å². The van der Waals surface area contributed by atoms with Gasteiger partial charge in [0, 0.05) is 31.4 Å². The van der Waals surface area contributed by atoms with Crippen LogP contribution in [0.4, 0.5) is 0 Å². The van der Waals surface area contributed by atoms with Gasteiger partial charge in [0.05, 0.1) is 10.6 Å². The van der Waals surface area contributed by atoms with Crippen molar-refractivity contribution in [3.63, 3.8) is 0 Å². The molecule has 2 rings (SSSR count). The monoisotopic (exact) mass is 261 g/mol. The first kappa shape index (κ1) is 12.6. The number of nitrogens with zero attached hydrogens (tertiary/aromatic N) is 1. The lowest BCUT2D eigenvalue weighted by Gasteiger charge is -2.04. The number of hydrogen-bond donors (Lipinski definition) is 0. The summed E-state index contributed by atoms with van der Waals surface area (Å²) in [5.41, 5.74) is 1.02. The molecule has 0 radical (unpaired) electrons. The van der Waals surface area contributed by atoms with E-state index in [1.165, 1.54) is 6.08 Å². The van der Waals surface area contributed by atoms with Crippen LogP contribution in [-0.4, -0.2) is 30.6 Å². The summed E-state index contributed by atoms with van der Waals surface area (Å²) >= 11 is 5.97. The predicted octanol–water partition coefficient (Wildman–Crippen LogP) is 2.63. The van der Waals surface area contributed by atoms with Gasteiger partial charge in [-0.3, -0.25) is 9.59 Å². The van der Waals surface area contributed by atoms with E-state index in [2.05, 4.69) is 0 Å². The highest BCUT2D eigenvalue weighted by molar-refractivity contribution is 6.41. The summed E-state index contributed by atoms with van der Waals surface area (Å²) in [6.07, 6.45) is 3.06. The van der Waals surface area contributed by atoms with Crippen molar-refractivity contribution in [2.45, 2.75) is 0 Å². The molecule has 0 saturated heterocycles. The van der Waals surface area contributed by atoms with E-state index in [0.717, 1.165) is 0 Å². The van der Waals surface area contributed by atoms with Gasteiger partial charge in [0.15, 0.2) is 11.6 Å². The summed E-state index contributed by atoms with van der Waals surface area (Å²) in [6.45, 7) is 0. The van der Waals surface area contributed by atoms with E-state index < -0.39 is 0 Å². The quantitative estimate of drug-likeness (QED) is 0.607. The molecule has 18 heavy (non-hydrogen) atoms. The summed E-state index contributed by atoms with van der Waals surface area (Å²) in [5.74, 6) is -0.526. The van der Waals surface area contributed by atoms with Crippen molar-refractivity contribution >= 4 is 23.2 Å². The maximum absolute atomic E-state index is 12.0. The number of carbonyl (C=O) groups excluding carboxylic acids is 2. The van der Waals surface area contributed by atoms with Crippen LogP contribution in [0.25, 0.3) is 0 Å². The van der Waals surface area contributed by atoms with Crippen LogP contribution in [0.1, 0.15) is 20.7 Å². The minimum atomic E-state index is -0.263. The van der Waals surface area contributed by atoms with E-state index in [1.54, 1.807) is 35.4 Å². The first-order valence-corrected chi connectivity index (χ1v) is 5.82. The summed E-state index contributed by atoms with van der Waals surface area (Å²) in [7, 11) is 3.63. The molecule has 0 unspecified atom stereocenters. The van der Waals surface area contributed by atoms with Crippen LogP contribution in [0.15, 0.2) is 47.1 Å². The van der Waals surface area contributed by atoms with E-state index >= 15 is 0 Å². The Balaban J connectivity index is 2.43. The van der Waals surface area contributed by atoms with Crippen molar-refractivity contribution < 1.29 is 9.59 Å². The lowest BCUT2D eigenvalue weighted by Crippen LogP contribution is -2.03. The van der Waals surface area contributed by atoms with Crippen LogP contribution in [0.5, 0.6) is 0 Å². The summed E-state index contributed by atoms with van der Waals surface area (Å²) in [6, 6.07) is 6.79. The van der Waals surface area contributed by atoms with Gasteiger partial charge >= 0.3 is 0 Å². The van der Waals surface area contributed by atoms with E-state index in [-0.39, 0.29) is 17.1 Å². The van der Waals surface area contributed by atoms with E-state index in [4.69, 9.17) is 11.6 Å². The van der Waals surface area contributed by atoms with Crippen LogP contribution in [0.3, 0.4) is 0 Å². The number of ketones is 2. The molecule has 1 aromatic rings. The SMILES string of the molecule is CN(C)/C=C(\Cl)C=C1C(=O)c2ccccc2C1=O. The van der Waals surface area contributed by atoms with Crippen LogP contribution in [-0.2, 0) is 0 Å². The molecule has 0 amide bonds. The maximum atomic E-state index is 12.0. The van der Waals surface area contributed by atoms with Gasteiger partial charge in [-0.05, 0) is 6.08 Å². The van der Waals surface area contributed by atoms with Crippen molar-refractivity contribution in [3.05, 3.63) is 58.3 Å². The Morgan fingerprint density at radius 3 is 2.06 bits per heavy atom. The molecule has 0 N–H and O–H groups in total. The first-order chi connectivity index (χ1) is 8.50. The number of rotatable bonds is 2. The zero-order valence-electron chi connectivity index (χ0n) is 10.1. The molecular weight excluding hydrogens is 250 g/mol. The standard InChI is InChI=1S/C14H12ClNO2/c1-16(2)8-9(15)7-12-13(17)10-5-3-4-6-11(10)14(12)18/h3-8H,1-2H3/b9-8-. The van der Waals surface area contributed by atoms with Crippen LogP contribution < -0.4 is 0 Å². The second-order valence-corrected chi connectivity index (χ2v) is 4.68. The molecular formula is C14H12ClNO2. The Bertz CT molecular complexity index is 548. The summed E-state index contributed by atoms with van der Waals surface area (Å²) < 4.78 is 0. The fourth-order valence-electron chi connectivity index (χ4n) is 1.83. The van der Waals surface area contributed by atoms with Gasteiger partial charge in [0.2, 0.25) is 0 Å². The predicted molar refractivity (Wildman–Crippen MR) is 70.8 cm³/mol. The molecule has 1 aromatic carbocycles. The molecule has 0 fully saturated rings. The lowest BCUT2D eigenvalue weighted by atomic mass is 10.1. The molecule has 0 bridgehead atoms. The number of Topliss-reactive ketones (excluding diaryl/α,β-unsaturated/α-hetero) is 2. The highest BCUT2D eigenvalue weighted by Crippen LogP contribution is 2.27. The Morgan fingerprint density at radius 1 is 1.11 bits per heavy atom. The summed E-state index contributed by atoms with van der Waals surface area (Å²) in [4.78, 5) is 25.8. The number of carbonyl (C=O) groups is 2. The third-order valence-electron chi connectivity index (χ3n) is 2.57. The van der Waals surface area contributed by atoms with Gasteiger partial charge in [-0.2, -0.15) is 0 Å². The second kappa shape index (κ2) is 4.78. The average molecular weight is 262 g/mol. The Kier molecular flexibility index (Phi) is 3.34. The van der Waals surface area contributed by atoms with Crippen molar-refractivity contribution in [3.8, 4) is 0 Å². The zero-order valence-corrected chi connectivity index (χ0v) is 10.9. The third-order valence-corrected chi connectivity index (χ3v) is 2.78. The molecule has 0 spiro atoms. The van der Waals surface area contributed by atoms with E-state index in [0.29, 0.717) is 16.2 Å². The minimum Gasteiger partial charge on any atom is -0.382 e. The molecule has 3 nitrogen and oxygen atoms in total. The molecule has 1 aliphatic carbocycles. The molecule has 0 saturated carbocycles.